The minimum atomic E-state index is -0.962. The van der Waals surface area contributed by atoms with Gasteiger partial charge in [0, 0.05) is 62.1 Å². The van der Waals surface area contributed by atoms with Crippen molar-refractivity contribution < 1.29 is 5.11 Å². The summed E-state index contributed by atoms with van der Waals surface area (Å²) in [5.74, 6) is 8.06. The molecule has 0 amide bonds. The number of likely N-dealkylation sites (tertiary alicyclic amines) is 1. The predicted octanol–water partition coefficient (Wildman–Crippen LogP) is 3.43. The summed E-state index contributed by atoms with van der Waals surface area (Å²) < 4.78 is 0. The molecular formula is C32H44N6O. The second kappa shape index (κ2) is 12.1. The van der Waals surface area contributed by atoms with Crippen molar-refractivity contribution in [2.45, 2.75) is 71.2 Å². The highest BCUT2D eigenvalue weighted by molar-refractivity contribution is 5.99. The van der Waals surface area contributed by atoms with Crippen molar-refractivity contribution in [3.05, 3.63) is 58.8 Å². The topological polar surface area (TPSA) is 67.2 Å². The number of pyridine rings is 1. The van der Waals surface area contributed by atoms with Gasteiger partial charge in [0.2, 0.25) is 0 Å². The van der Waals surface area contributed by atoms with Crippen LogP contribution < -0.4 is 10.2 Å². The number of amidine groups is 1. The SMILES string of the molecule is CCC1CN(c2ncc(C3=NCCN3)cc2C)CCN1C1CCN(Cc2ccc(C#CC(C)(C)O)cc2)CC1. The zero-order valence-electron chi connectivity index (χ0n) is 24.1. The number of hydrogen-bond acceptors (Lipinski definition) is 7. The van der Waals surface area contributed by atoms with E-state index in [2.05, 4.69) is 81.0 Å². The smallest absolute Gasteiger partial charge is 0.131 e. The number of piperazine rings is 1. The van der Waals surface area contributed by atoms with Crippen molar-refractivity contribution in [1.29, 1.82) is 0 Å². The van der Waals surface area contributed by atoms with Crippen LogP contribution in [0.3, 0.4) is 0 Å². The summed E-state index contributed by atoms with van der Waals surface area (Å²) in [7, 11) is 0. The Morgan fingerprint density at radius 3 is 2.51 bits per heavy atom. The van der Waals surface area contributed by atoms with Gasteiger partial charge in [0.1, 0.15) is 17.3 Å². The molecule has 1 atom stereocenters. The van der Waals surface area contributed by atoms with E-state index < -0.39 is 5.60 Å². The van der Waals surface area contributed by atoms with Crippen LogP contribution in [0.4, 0.5) is 5.82 Å². The molecule has 0 bridgehead atoms. The molecule has 2 saturated heterocycles. The Balaban J connectivity index is 1.13. The van der Waals surface area contributed by atoms with Gasteiger partial charge in [-0.25, -0.2) is 4.98 Å². The van der Waals surface area contributed by atoms with Gasteiger partial charge in [-0.05, 0) is 82.4 Å². The normalized spacial score (nSPS) is 21.3. The van der Waals surface area contributed by atoms with Gasteiger partial charge in [0.05, 0.1) is 6.54 Å². The molecule has 1 aromatic heterocycles. The quantitative estimate of drug-likeness (QED) is 0.560. The summed E-state index contributed by atoms with van der Waals surface area (Å²) in [4.78, 5) is 17.3. The van der Waals surface area contributed by atoms with Crippen LogP contribution in [0.25, 0.3) is 0 Å². The average molecular weight is 529 g/mol. The van der Waals surface area contributed by atoms with E-state index in [1.807, 2.05) is 6.20 Å². The summed E-state index contributed by atoms with van der Waals surface area (Å²) in [6.45, 7) is 16.2. The third-order valence-corrected chi connectivity index (χ3v) is 8.20. The lowest BCUT2D eigenvalue weighted by atomic mass is 9.97. The highest BCUT2D eigenvalue weighted by Gasteiger charge is 2.33. The number of hydrogen-bond donors (Lipinski definition) is 2. The maximum atomic E-state index is 9.82. The lowest BCUT2D eigenvalue weighted by molar-refractivity contribution is 0.0610. The monoisotopic (exact) mass is 528 g/mol. The van der Waals surface area contributed by atoms with Crippen LogP contribution in [0.15, 0.2) is 41.5 Å². The maximum absolute atomic E-state index is 9.82. The molecule has 1 aromatic carbocycles. The van der Waals surface area contributed by atoms with E-state index in [0.717, 1.165) is 81.6 Å². The first kappa shape index (κ1) is 27.6. The molecule has 3 aliphatic heterocycles. The van der Waals surface area contributed by atoms with Crippen molar-refractivity contribution in [3.63, 3.8) is 0 Å². The number of aryl methyl sites for hydroxylation is 1. The molecule has 39 heavy (non-hydrogen) atoms. The maximum Gasteiger partial charge on any atom is 0.131 e. The zero-order chi connectivity index (χ0) is 27.4. The lowest BCUT2D eigenvalue weighted by Gasteiger charge is -2.48. The average Bonchev–Trinajstić information content (AvgIpc) is 3.48. The number of benzene rings is 1. The molecule has 0 aliphatic carbocycles. The molecular weight excluding hydrogens is 484 g/mol. The van der Waals surface area contributed by atoms with Crippen molar-refractivity contribution in [2.24, 2.45) is 4.99 Å². The van der Waals surface area contributed by atoms with Crippen LogP contribution in [0.5, 0.6) is 0 Å². The molecule has 2 aromatic rings. The van der Waals surface area contributed by atoms with Crippen LogP contribution in [0, 0.1) is 18.8 Å². The van der Waals surface area contributed by atoms with Crippen LogP contribution in [0.1, 0.15) is 62.3 Å². The number of nitrogens with one attached hydrogen (secondary N) is 1. The van der Waals surface area contributed by atoms with Crippen LogP contribution in [0.2, 0.25) is 0 Å². The molecule has 0 radical (unpaired) electrons. The van der Waals surface area contributed by atoms with Gasteiger partial charge in [0.25, 0.3) is 0 Å². The van der Waals surface area contributed by atoms with E-state index in [0.29, 0.717) is 12.1 Å². The van der Waals surface area contributed by atoms with Crippen molar-refractivity contribution in [1.82, 2.24) is 20.1 Å². The van der Waals surface area contributed by atoms with Gasteiger partial charge >= 0.3 is 0 Å². The number of aliphatic imine (C=N–C) groups is 1. The van der Waals surface area contributed by atoms with Gasteiger partial charge < -0.3 is 15.3 Å². The van der Waals surface area contributed by atoms with Crippen molar-refractivity contribution in [2.75, 3.05) is 50.7 Å². The third-order valence-electron chi connectivity index (χ3n) is 8.20. The zero-order valence-corrected chi connectivity index (χ0v) is 24.1. The fraction of sp³-hybridized carbons (Fsp3) is 0.562. The van der Waals surface area contributed by atoms with Crippen LogP contribution in [-0.2, 0) is 6.54 Å². The first-order chi connectivity index (χ1) is 18.8. The van der Waals surface area contributed by atoms with Gasteiger partial charge in [-0.2, -0.15) is 0 Å². The lowest BCUT2D eigenvalue weighted by Crippen LogP contribution is -2.58. The van der Waals surface area contributed by atoms with Crippen molar-refractivity contribution >= 4 is 11.7 Å². The Kier molecular flexibility index (Phi) is 8.56. The third kappa shape index (κ3) is 7.00. The summed E-state index contributed by atoms with van der Waals surface area (Å²) >= 11 is 0. The number of anilines is 1. The molecule has 4 heterocycles. The second-order valence-corrected chi connectivity index (χ2v) is 11.8. The van der Waals surface area contributed by atoms with Crippen LogP contribution >= 0.6 is 0 Å². The van der Waals surface area contributed by atoms with Crippen molar-refractivity contribution in [3.8, 4) is 11.8 Å². The van der Waals surface area contributed by atoms with E-state index in [4.69, 9.17) is 4.98 Å². The number of aromatic nitrogens is 1. The minimum Gasteiger partial charge on any atom is -0.378 e. The standard InChI is InChI=1S/C32H44N6O/c1-5-28-23-37(31-24(2)20-27(21-35-31)30-33-14-15-34-30)18-19-38(28)29-11-16-36(17-12-29)22-26-8-6-25(7-9-26)10-13-32(3,4)39/h6-9,20-21,28-29,39H,5,11-12,14-19,22-23H2,1-4H3,(H,33,34). The largest absolute Gasteiger partial charge is 0.378 e. The van der Waals surface area contributed by atoms with Gasteiger partial charge in [-0.3, -0.25) is 14.8 Å². The molecule has 0 spiro atoms. The Labute approximate surface area is 234 Å². The molecule has 3 aliphatic rings. The van der Waals surface area contributed by atoms with E-state index in [-0.39, 0.29) is 0 Å². The van der Waals surface area contributed by atoms with Gasteiger partial charge in [0.15, 0.2) is 0 Å². The number of nitrogens with zero attached hydrogens (tertiary/aromatic N) is 5. The second-order valence-electron chi connectivity index (χ2n) is 11.8. The van der Waals surface area contributed by atoms with E-state index in [1.54, 1.807) is 13.8 Å². The summed E-state index contributed by atoms with van der Waals surface area (Å²) in [6.07, 6.45) is 5.61. The molecule has 7 nitrogen and oxygen atoms in total. The minimum absolute atomic E-state index is 0.564. The fourth-order valence-corrected chi connectivity index (χ4v) is 6.11. The Hall–Kier alpha value is -2.92. The predicted molar refractivity (Wildman–Crippen MR) is 159 cm³/mol. The highest BCUT2D eigenvalue weighted by Crippen LogP contribution is 2.27. The highest BCUT2D eigenvalue weighted by atomic mass is 16.3. The summed E-state index contributed by atoms with van der Waals surface area (Å²) in [5, 5.41) is 13.2. The fourth-order valence-electron chi connectivity index (χ4n) is 6.11. The van der Waals surface area contributed by atoms with E-state index in [1.165, 1.54) is 24.0 Å². The molecule has 7 heteroatoms. The molecule has 208 valence electrons. The Bertz CT molecular complexity index is 1210. The molecule has 2 N–H and O–H groups in total. The molecule has 1 unspecified atom stereocenters. The molecule has 2 fully saturated rings. The number of rotatable bonds is 6. The summed E-state index contributed by atoms with van der Waals surface area (Å²) in [6, 6.07) is 11.9. The van der Waals surface area contributed by atoms with Gasteiger partial charge in [-0.1, -0.05) is 30.9 Å². The Morgan fingerprint density at radius 1 is 1.10 bits per heavy atom. The first-order valence-electron chi connectivity index (χ1n) is 14.6. The first-order valence-corrected chi connectivity index (χ1v) is 14.6. The van der Waals surface area contributed by atoms with E-state index in [9.17, 15) is 5.11 Å². The van der Waals surface area contributed by atoms with Gasteiger partial charge in [-0.15, -0.1) is 0 Å². The van der Waals surface area contributed by atoms with Crippen LogP contribution in [-0.4, -0.2) is 89.2 Å². The molecule has 0 saturated carbocycles. The Morgan fingerprint density at radius 2 is 1.87 bits per heavy atom. The summed E-state index contributed by atoms with van der Waals surface area (Å²) in [5.41, 5.74) is 3.65. The number of piperidine rings is 1. The van der Waals surface area contributed by atoms with E-state index >= 15 is 0 Å². The molecule has 5 rings (SSSR count). The number of aliphatic hydroxyl groups is 1.